The van der Waals surface area contributed by atoms with Crippen molar-refractivity contribution in [1.82, 2.24) is 14.9 Å². The molecule has 3 aromatic rings. The lowest BCUT2D eigenvalue weighted by atomic mass is 10.1. The van der Waals surface area contributed by atoms with Gasteiger partial charge >= 0.3 is 0 Å². The summed E-state index contributed by atoms with van der Waals surface area (Å²) in [5.74, 6) is 0.140. The molecule has 1 N–H and O–H groups in total. The molecular weight excluding hydrogens is 416 g/mol. The molecule has 0 spiro atoms. The number of carbonyl (C=O) groups excluding carboxylic acids is 1. The first-order valence-corrected chi connectivity index (χ1v) is 10.9. The van der Waals surface area contributed by atoms with Crippen LogP contribution in [0.15, 0.2) is 46.6 Å². The number of rotatable bonds is 9. The molecule has 0 aliphatic heterocycles. The molecule has 0 saturated heterocycles. The van der Waals surface area contributed by atoms with Crippen LogP contribution < -0.4 is 5.32 Å². The number of carbonyl (C=O) groups is 1. The number of aryl methyl sites for hydroxylation is 2. The molecule has 1 aromatic carbocycles. The molecule has 1 amide bonds. The highest BCUT2D eigenvalue weighted by Crippen LogP contribution is 2.23. The van der Waals surface area contributed by atoms with Crippen LogP contribution in [0, 0.1) is 32.1 Å². The standard InChI is InChI=1S/C26H30N4O3/c1-17-6-8-21(9-7-17)26-29-24(16-33-26)10-11-28-25(31)23(14-27)13-22-12-18(2)30(20(22)4)19(3)15-32-5/h6-9,12-13,16,19H,10-11,15H2,1-5H3,(H,28,31)/b23-13-. The number of benzene rings is 1. The SMILES string of the molecule is COCC(C)n1c(C)cc(/C=C(/C#N)C(=O)NCCc2coc(-c3ccc(C)cc3)n2)c1C. The van der Waals surface area contributed by atoms with Crippen molar-refractivity contribution >= 4 is 12.0 Å². The number of nitriles is 1. The van der Waals surface area contributed by atoms with Crippen molar-refractivity contribution in [2.45, 2.75) is 40.2 Å². The molecule has 1 unspecified atom stereocenters. The summed E-state index contributed by atoms with van der Waals surface area (Å²) in [5.41, 5.74) is 5.77. The summed E-state index contributed by atoms with van der Waals surface area (Å²) in [6, 6.07) is 12.1. The van der Waals surface area contributed by atoms with Crippen LogP contribution in [0.1, 0.15) is 41.2 Å². The number of oxazole rings is 1. The molecule has 0 aliphatic carbocycles. The first-order valence-electron chi connectivity index (χ1n) is 10.9. The first-order chi connectivity index (χ1) is 15.8. The third kappa shape index (κ3) is 5.79. The summed E-state index contributed by atoms with van der Waals surface area (Å²) in [6.07, 6.45) is 3.74. The second kappa shape index (κ2) is 10.8. The molecule has 3 rings (SSSR count). The molecule has 0 radical (unpaired) electrons. The number of aromatic nitrogens is 2. The maximum absolute atomic E-state index is 12.6. The van der Waals surface area contributed by atoms with E-state index in [4.69, 9.17) is 9.15 Å². The molecule has 7 nitrogen and oxygen atoms in total. The van der Waals surface area contributed by atoms with Gasteiger partial charge in [0.15, 0.2) is 0 Å². The van der Waals surface area contributed by atoms with Crippen molar-refractivity contribution in [3.63, 3.8) is 0 Å². The van der Waals surface area contributed by atoms with Crippen molar-refractivity contribution in [2.75, 3.05) is 20.3 Å². The Morgan fingerprint density at radius 3 is 2.70 bits per heavy atom. The molecule has 1 atom stereocenters. The fraction of sp³-hybridized carbons (Fsp3) is 0.346. The highest BCUT2D eigenvalue weighted by Gasteiger charge is 2.16. The monoisotopic (exact) mass is 446 g/mol. The van der Waals surface area contributed by atoms with Crippen LogP contribution in [0.5, 0.6) is 0 Å². The van der Waals surface area contributed by atoms with Gasteiger partial charge in [-0.05, 0) is 57.5 Å². The lowest BCUT2D eigenvalue weighted by molar-refractivity contribution is -0.117. The van der Waals surface area contributed by atoms with Crippen molar-refractivity contribution in [3.8, 4) is 17.5 Å². The van der Waals surface area contributed by atoms with Crippen LogP contribution in [0.4, 0.5) is 0 Å². The average molecular weight is 447 g/mol. The molecule has 172 valence electrons. The van der Waals surface area contributed by atoms with Gasteiger partial charge in [-0.25, -0.2) is 4.98 Å². The summed E-state index contributed by atoms with van der Waals surface area (Å²) in [5, 5.41) is 12.4. The van der Waals surface area contributed by atoms with E-state index in [-0.39, 0.29) is 11.6 Å². The van der Waals surface area contributed by atoms with Crippen LogP contribution >= 0.6 is 0 Å². The molecular formula is C26H30N4O3. The Kier molecular flexibility index (Phi) is 7.86. The quantitative estimate of drug-likeness (QED) is 0.385. The minimum absolute atomic E-state index is 0.0649. The van der Waals surface area contributed by atoms with E-state index in [1.54, 1.807) is 19.4 Å². The highest BCUT2D eigenvalue weighted by atomic mass is 16.5. The normalized spacial score (nSPS) is 12.4. The molecule has 33 heavy (non-hydrogen) atoms. The van der Waals surface area contributed by atoms with Crippen molar-refractivity contribution < 1.29 is 13.9 Å². The zero-order valence-corrected chi connectivity index (χ0v) is 19.8. The number of nitrogens with one attached hydrogen (secondary N) is 1. The van der Waals surface area contributed by atoms with Gasteiger partial charge in [-0.15, -0.1) is 0 Å². The average Bonchev–Trinajstić information content (AvgIpc) is 3.36. The Labute approximate surface area is 194 Å². The number of hydrogen-bond donors (Lipinski definition) is 1. The molecule has 0 fully saturated rings. The van der Waals surface area contributed by atoms with E-state index in [1.807, 2.05) is 57.2 Å². The smallest absolute Gasteiger partial charge is 0.261 e. The summed E-state index contributed by atoms with van der Waals surface area (Å²) in [4.78, 5) is 17.1. The topological polar surface area (TPSA) is 93.1 Å². The molecule has 7 heteroatoms. The lowest BCUT2D eigenvalue weighted by Crippen LogP contribution is -2.26. The number of methoxy groups -OCH3 is 1. The van der Waals surface area contributed by atoms with Gasteiger partial charge in [-0.2, -0.15) is 5.26 Å². The zero-order valence-electron chi connectivity index (χ0n) is 19.8. The third-order valence-electron chi connectivity index (χ3n) is 5.55. The van der Waals surface area contributed by atoms with Crippen molar-refractivity contribution in [3.05, 3.63) is 70.4 Å². The van der Waals surface area contributed by atoms with E-state index in [2.05, 4.69) is 21.8 Å². The largest absolute Gasteiger partial charge is 0.444 e. The van der Waals surface area contributed by atoms with Crippen LogP contribution in [-0.4, -0.2) is 35.7 Å². The predicted molar refractivity (Wildman–Crippen MR) is 127 cm³/mol. The van der Waals surface area contributed by atoms with Crippen LogP contribution in [0.2, 0.25) is 0 Å². The van der Waals surface area contributed by atoms with Gasteiger partial charge in [-0.3, -0.25) is 4.79 Å². The number of ether oxygens (including phenoxy) is 1. The molecule has 2 heterocycles. The second-order valence-corrected chi connectivity index (χ2v) is 8.19. The van der Waals surface area contributed by atoms with Crippen LogP contribution in [0.3, 0.4) is 0 Å². The van der Waals surface area contributed by atoms with Gasteiger partial charge in [0.1, 0.15) is 17.9 Å². The minimum atomic E-state index is -0.408. The fourth-order valence-corrected chi connectivity index (χ4v) is 3.90. The Morgan fingerprint density at radius 1 is 1.30 bits per heavy atom. The van der Waals surface area contributed by atoms with Gasteiger partial charge in [0, 0.05) is 37.0 Å². The van der Waals surface area contributed by atoms with E-state index in [0.29, 0.717) is 25.5 Å². The maximum Gasteiger partial charge on any atom is 0.261 e. The van der Waals surface area contributed by atoms with Gasteiger partial charge < -0.3 is 19.0 Å². The first kappa shape index (κ1) is 24.0. The van der Waals surface area contributed by atoms with Gasteiger partial charge in [0.2, 0.25) is 5.89 Å². The minimum Gasteiger partial charge on any atom is -0.444 e. The van der Waals surface area contributed by atoms with Crippen LogP contribution in [-0.2, 0) is 16.0 Å². The second-order valence-electron chi connectivity index (χ2n) is 8.19. The van der Waals surface area contributed by atoms with E-state index in [0.717, 1.165) is 28.2 Å². The van der Waals surface area contributed by atoms with Gasteiger partial charge in [0.05, 0.1) is 18.3 Å². The summed E-state index contributed by atoms with van der Waals surface area (Å²) in [6.45, 7) is 9.01. The van der Waals surface area contributed by atoms with E-state index in [9.17, 15) is 10.1 Å². The molecule has 0 aliphatic rings. The Bertz CT molecular complexity index is 1180. The van der Waals surface area contributed by atoms with Gasteiger partial charge in [0.25, 0.3) is 5.91 Å². The Hall–Kier alpha value is -3.63. The van der Waals surface area contributed by atoms with E-state index >= 15 is 0 Å². The predicted octanol–water partition coefficient (Wildman–Crippen LogP) is 4.54. The Balaban J connectivity index is 1.63. The number of nitrogens with zero attached hydrogens (tertiary/aromatic N) is 3. The number of amides is 1. The molecule has 0 bridgehead atoms. The highest BCUT2D eigenvalue weighted by molar-refractivity contribution is 6.01. The van der Waals surface area contributed by atoms with Crippen molar-refractivity contribution in [1.29, 1.82) is 5.26 Å². The maximum atomic E-state index is 12.6. The zero-order chi connectivity index (χ0) is 24.0. The summed E-state index contributed by atoms with van der Waals surface area (Å²) < 4.78 is 13.0. The summed E-state index contributed by atoms with van der Waals surface area (Å²) >= 11 is 0. The van der Waals surface area contributed by atoms with Gasteiger partial charge in [-0.1, -0.05) is 17.7 Å². The van der Waals surface area contributed by atoms with Crippen LogP contribution in [0.25, 0.3) is 17.5 Å². The van der Waals surface area contributed by atoms with Crippen molar-refractivity contribution in [2.24, 2.45) is 0 Å². The molecule has 0 saturated carbocycles. The van der Waals surface area contributed by atoms with E-state index < -0.39 is 5.91 Å². The summed E-state index contributed by atoms with van der Waals surface area (Å²) in [7, 11) is 1.67. The number of hydrogen-bond acceptors (Lipinski definition) is 5. The Morgan fingerprint density at radius 2 is 2.03 bits per heavy atom. The third-order valence-corrected chi connectivity index (χ3v) is 5.55. The lowest BCUT2D eigenvalue weighted by Gasteiger charge is -2.17. The van der Waals surface area contributed by atoms with E-state index in [1.165, 1.54) is 5.56 Å². The molecule has 2 aromatic heterocycles. The fourth-order valence-electron chi connectivity index (χ4n) is 3.90.